The molecule has 33 heavy (non-hydrogen) atoms. The number of rotatable bonds is 8. The van der Waals surface area contributed by atoms with Crippen LogP contribution in [0.1, 0.15) is 29.3 Å². The van der Waals surface area contributed by atoms with Gasteiger partial charge < -0.3 is 14.2 Å². The number of hydrogen-bond acceptors (Lipinski definition) is 7. The van der Waals surface area contributed by atoms with Gasteiger partial charge in [-0.05, 0) is 41.8 Å². The number of thiophene rings is 1. The molecule has 2 heterocycles. The Hall–Kier alpha value is -3.65. The molecular weight excluding hydrogens is 440 g/mol. The van der Waals surface area contributed by atoms with Crippen molar-refractivity contribution in [2.45, 2.75) is 19.9 Å². The van der Waals surface area contributed by atoms with Gasteiger partial charge in [-0.3, -0.25) is 9.36 Å². The highest BCUT2D eigenvalue weighted by Crippen LogP contribution is 2.36. The maximum absolute atomic E-state index is 13.4. The van der Waals surface area contributed by atoms with Gasteiger partial charge in [-0.1, -0.05) is 25.1 Å². The van der Waals surface area contributed by atoms with E-state index in [1.165, 1.54) is 11.3 Å². The van der Waals surface area contributed by atoms with E-state index in [-0.39, 0.29) is 11.5 Å². The van der Waals surface area contributed by atoms with E-state index in [4.69, 9.17) is 14.2 Å². The summed E-state index contributed by atoms with van der Waals surface area (Å²) in [6, 6.07) is 12.6. The minimum Gasteiger partial charge on any atom is -0.493 e. The maximum Gasteiger partial charge on any atom is 0.338 e. The van der Waals surface area contributed by atoms with Gasteiger partial charge in [0.1, 0.15) is 4.83 Å². The third-order valence-electron chi connectivity index (χ3n) is 5.24. The Bertz CT molecular complexity index is 1340. The molecule has 0 saturated heterocycles. The maximum atomic E-state index is 13.4. The van der Waals surface area contributed by atoms with Crippen molar-refractivity contribution < 1.29 is 19.0 Å². The van der Waals surface area contributed by atoms with E-state index < -0.39 is 0 Å². The van der Waals surface area contributed by atoms with Gasteiger partial charge in [0.2, 0.25) is 0 Å². The lowest BCUT2D eigenvalue weighted by molar-refractivity contribution is 0.0505. The second kappa shape index (κ2) is 9.87. The van der Waals surface area contributed by atoms with Gasteiger partial charge >= 0.3 is 5.97 Å². The van der Waals surface area contributed by atoms with E-state index >= 15 is 0 Å². The van der Waals surface area contributed by atoms with Crippen molar-refractivity contribution in [1.29, 1.82) is 0 Å². The van der Waals surface area contributed by atoms with Gasteiger partial charge in [-0.2, -0.15) is 0 Å². The molecule has 0 aliphatic rings. The van der Waals surface area contributed by atoms with Crippen molar-refractivity contribution in [2.24, 2.45) is 0 Å². The molecule has 0 amide bonds. The predicted molar refractivity (Wildman–Crippen MR) is 129 cm³/mol. The van der Waals surface area contributed by atoms with Crippen molar-refractivity contribution in [1.82, 2.24) is 9.55 Å². The first-order valence-electron chi connectivity index (χ1n) is 10.5. The van der Waals surface area contributed by atoms with Crippen LogP contribution in [-0.2, 0) is 11.3 Å². The van der Waals surface area contributed by atoms with Crippen LogP contribution in [0.25, 0.3) is 21.3 Å². The van der Waals surface area contributed by atoms with E-state index in [1.807, 2.05) is 42.6 Å². The molecule has 4 rings (SSSR count). The lowest BCUT2D eigenvalue weighted by Gasteiger charge is -2.10. The second-order valence-corrected chi connectivity index (χ2v) is 8.27. The number of nitrogens with zero attached hydrogens (tertiary/aromatic N) is 2. The first-order valence-corrected chi connectivity index (χ1v) is 11.4. The lowest BCUT2D eigenvalue weighted by Crippen LogP contribution is -2.21. The average Bonchev–Trinajstić information content (AvgIpc) is 3.29. The smallest absolute Gasteiger partial charge is 0.338 e. The summed E-state index contributed by atoms with van der Waals surface area (Å²) in [6.45, 7) is 2.68. The normalized spacial score (nSPS) is 10.9. The quantitative estimate of drug-likeness (QED) is 0.350. The molecule has 0 unspecified atom stereocenters. The topological polar surface area (TPSA) is 79.7 Å². The summed E-state index contributed by atoms with van der Waals surface area (Å²) in [5.74, 6) is 0.871. The van der Waals surface area contributed by atoms with Crippen LogP contribution in [0.4, 0.5) is 0 Å². The highest BCUT2D eigenvalue weighted by molar-refractivity contribution is 7.17. The van der Waals surface area contributed by atoms with Crippen molar-refractivity contribution in [3.05, 3.63) is 75.7 Å². The van der Waals surface area contributed by atoms with E-state index in [1.54, 1.807) is 37.2 Å². The van der Waals surface area contributed by atoms with Crippen LogP contribution >= 0.6 is 11.3 Å². The minimum absolute atomic E-state index is 0.127. The van der Waals surface area contributed by atoms with E-state index in [2.05, 4.69) is 4.98 Å². The highest BCUT2D eigenvalue weighted by atomic mass is 32.1. The summed E-state index contributed by atoms with van der Waals surface area (Å²) in [5, 5.41) is 2.50. The number of esters is 1. The molecule has 8 heteroatoms. The van der Waals surface area contributed by atoms with Crippen LogP contribution in [0.5, 0.6) is 11.5 Å². The summed E-state index contributed by atoms with van der Waals surface area (Å²) in [5.41, 5.74) is 2.90. The molecule has 2 aromatic heterocycles. The van der Waals surface area contributed by atoms with Crippen LogP contribution in [0.15, 0.2) is 59.0 Å². The fourth-order valence-electron chi connectivity index (χ4n) is 3.52. The number of carbonyl (C=O) groups excluding carboxylic acids is 1. The first kappa shape index (κ1) is 22.5. The van der Waals surface area contributed by atoms with Gasteiger partial charge in [-0.25, -0.2) is 9.78 Å². The number of fused-ring (bicyclic) bond motifs is 1. The number of hydrogen-bond donors (Lipinski definition) is 0. The largest absolute Gasteiger partial charge is 0.493 e. The Kier molecular flexibility index (Phi) is 6.74. The first-order chi connectivity index (χ1) is 16.0. The molecule has 0 N–H and O–H groups in total. The lowest BCUT2D eigenvalue weighted by atomic mass is 10.1. The van der Waals surface area contributed by atoms with E-state index in [0.717, 1.165) is 23.1 Å². The van der Waals surface area contributed by atoms with Gasteiger partial charge in [0.15, 0.2) is 11.5 Å². The highest BCUT2D eigenvalue weighted by Gasteiger charge is 2.16. The Morgan fingerprint density at radius 3 is 2.52 bits per heavy atom. The SMILES string of the molecule is CCCOC(=O)c1ccc(Cn2cnc3scc(-c4ccc(OC)c(OC)c4)c3c2=O)cc1. The number of carbonyl (C=O) groups is 1. The molecule has 170 valence electrons. The standard InChI is InChI=1S/C25H24N2O5S/c1-4-11-32-25(29)17-7-5-16(6-8-17)13-27-15-26-23-22(24(27)28)19(14-33-23)18-9-10-20(30-2)21(12-18)31-3/h5-10,12,14-15H,4,11,13H2,1-3H3. The fourth-order valence-corrected chi connectivity index (χ4v) is 4.42. The average molecular weight is 465 g/mol. The summed E-state index contributed by atoms with van der Waals surface area (Å²) < 4.78 is 17.5. The van der Waals surface area contributed by atoms with Gasteiger partial charge in [-0.15, -0.1) is 11.3 Å². The molecule has 2 aromatic carbocycles. The van der Waals surface area contributed by atoms with Crippen LogP contribution < -0.4 is 15.0 Å². The predicted octanol–water partition coefficient (Wildman–Crippen LogP) is 4.76. The molecule has 0 aliphatic carbocycles. The minimum atomic E-state index is -0.346. The molecule has 0 saturated carbocycles. The molecule has 0 bridgehead atoms. The van der Waals surface area contributed by atoms with Crippen molar-refractivity contribution in [3.63, 3.8) is 0 Å². The molecule has 7 nitrogen and oxygen atoms in total. The zero-order valence-electron chi connectivity index (χ0n) is 18.7. The molecule has 0 aliphatic heterocycles. The summed E-state index contributed by atoms with van der Waals surface area (Å²) in [7, 11) is 3.16. The Morgan fingerprint density at radius 2 is 1.82 bits per heavy atom. The van der Waals surface area contributed by atoms with Crippen molar-refractivity contribution >= 4 is 27.5 Å². The van der Waals surface area contributed by atoms with Gasteiger partial charge in [0, 0.05) is 10.9 Å². The molecular formula is C25H24N2O5S. The second-order valence-electron chi connectivity index (χ2n) is 7.41. The Labute approximate surface area is 195 Å². The number of aromatic nitrogens is 2. The molecule has 0 atom stereocenters. The monoisotopic (exact) mass is 464 g/mol. The van der Waals surface area contributed by atoms with Crippen molar-refractivity contribution in [3.8, 4) is 22.6 Å². The molecule has 0 fully saturated rings. The fraction of sp³-hybridized carbons (Fsp3) is 0.240. The summed E-state index contributed by atoms with van der Waals surface area (Å²) in [4.78, 5) is 30.5. The molecule has 4 aromatic rings. The zero-order chi connectivity index (χ0) is 23.4. The number of ether oxygens (including phenoxy) is 3. The van der Waals surface area contributed by atoms with Crippen LogP contribution in [0.3, 0.4) is 0 Å². The van der Waals surface area contributed by atoms with Gasteiger partial charge in [0.05, 0.1) is 44.6 Å². The molecule has 0 spiro atoms. The van der Waals surface area contributed by atoms with Crippen LogP contribution in [0, 0.1) is 0 Å². The van der Waals surface area contributed by atoms with E-state index in [0.29, 0.717) is 40.4 Å². The van der Waals surface area contributed by atoms with Crippen LogP contribution in [0.2, 0.25) is 0 Å². The number of methoxy groups -OCH3 is 2. The summed E-state index contributed by atoms with van der Waals surface area (Å²) >= 11 is 1.43. The third-order valence-corrected chi connectivity index (χ3v) is 6.12. The third kappa shape index (κ3) is 4.61. The van der Waals surface area contributed by atoms with E-state index in [9.17, 15) is 9.59 Å². The Morgan fingerprint density at radius 1 is 1.06 bits per heavy atom. The zero-order valence-corrected chi connectivity index (χ0v) is 19.5. The Balaban J connectivity index is 1.65. The van der Waals surface area contributed by atoms with Gasteiger partial charge in [0.25, 0.3) is 5.56 Å². The summed E-state index contributed by atoms with van der Waals surface area (Å²) in [6.07, 6.45) is 2.33. The van der Waals surface area contributed by atoms with Crippen molar-refractivity contribution in [2.75, 3.05) is 20.8 Å². The number of benzene rings is 2. The van der Waals surface area contributed by atoms with Crippen LogP contribution in [-0.4, -0.2) is 36.3 Å². The molecule has 0 radical (unpaired) electrons.